The molecule has 1 aromatic carbocycles. The zero-order valence-corrected chi connectivity index (χ0v) is 14.9. The first-order valence-corrected chi connectivity index (χ1v) is 8.44. The van der Waals surface area contributed by atoms with Gasteiger partial charge in [-0.05, 0) is 32.9 Å². The van der Waals surface area contributed by atoms with Crippen LogP contribution >= 0.6 is 0 Å². The fourth-order valence-electron chi connectivity index (χ4n) is 3.11. The molecule has 1 aliphatic rings. The predicted molar refractivity (Wildman–Crippen MR) is 95.0 cm³/mol. The summed E-state index contributed by atoms with van der Waals surface area (Å²) in [5.41, 5.74) is 0.00594. The Morgan fingerprint density at radius 3 is 2.77 bits per heavy atom. The first-order chi connectivity index (χ1) is 12.2. The van der Waals surface area contributed by atoms with E-state index in [1.54, 1.807) is 32.1 Å². The van der Waals surface area contributed by atoms with Gasteiger partial charge in [0.15, 0.2) is 5.75 Å². The summed E-state index contributed by atoms with van der Waals surface area (Å²) in [4.78, 5) is 6.22. The maximum Gasteiger partial charge on any atom is 0.417 e. The lowest BCUT2D eigenvalue weighted by molar-refractivity contribution is -0.136. The van der Waals surface area contributed by atoms with Gasteiger partial charge in [0.25, 0.3) is 0 Å². The standard InChI is InChI=1S/C19H21F3N2O2/c1-5-8-24-12(4)10-25-18-15(24)7-6-14-17(18)13(19(20,21)22)9-16(23-14)26-11(2)3/h5-7,9,11-12H,1,8,10H2,2-4H3/t12-/m1/s1. The predicted octanol–water partition coefficient (Wildman–Crippen LogP) is 4.81. The molecule has 0 amide bonds. The minimum atomic E-state index is -4.55. The molecule has 4 nitrogen and oxygen atoms in total. The van der Waals surface area contributed by atoms with Crippen molar-refractivity contribution in [3.63, 3.8) is 0 Å². The van der Waals surface area contributed by atoms with Gasteiger partial charge in [-0.15, -0.1) is 6.58 Å². The van der Waals surface area contributed by atoms with Crippen molar-refractivity contribution in [3.05, 3.63) is 36.4 Å². The number of halogens is 3. The molecular weight excluding hydrogens is 345 g/mol. The SMILES string of the molecule is C=CCN1c2ccc3nc(OC(C)C)cc(C(F)(F)F)c3c2OC[C@H]1C. The highest BCUT2D eigenvalue weighted by molar-refractivity contribution is 5.95. The fraction of sp³-hybridized carbons (Fsp3) is 0.421. The number of hydrogen-bond acceptors (Lipinski definition) is 4. The first kappa shape index (κ1) is 18.4. The summed E-state index contributed by atoms with van der Waals surface area (Å²) in [7, 11) is 0. The third-order valence-corrected chi connectivity index (χ3v) is 4.18. The number of pyridine rings is 1. The zero-order chi connectivity index (χ0) is 19.1. The number of ether oxygens (including phenoxy) is 2. The molecule has 0 saturated carbocycles. The largest absolute Gasteiger partial charge is 0.489 e. The Morgan fingerprint density at radius 1 is 1.42 bits per heavy atom. The number of rotatable bonds is 4. The van der Waals surface area contributed by atoms with Gasteiger partial charge >= 0.3 is 6.18 Å². The van der Waals surface area contributed by atoms with E-state index in [0.717, 1.165) is 6.07 Å². The van der Waals surface area contributed by atoms with Crippen LogP contribution < -0.4 is 14.4 Å². The van der Waals surface area contributed by atoms with Gasteiger partial charge in [-0.3, -0.25) is 0 Å². The molecule has 1 aromatic heterocycles. The molecule has 0 radical (unpaired) electrons. The summed E-state index contributed by atoms with van der Waals surface area (Å²) in [6.45, 7) is 9.98. The molecule has 1 aliphatic heterocycles. The molecule has 0 saturated heterocycles. The van der Waals surface area contributed by atoms with Crippen LogP contribution in [0.5, 0.6) is 11.6 Å². The molecule has 0 unspecified atom stereocenters. The quantitative estimate of drug-likeness (QED) is 0.727. The third-order valence-electron chi connectivity index (χ3n) is 4.18. The summed E-state index contributed by atoms with van der Waals surface area (Å²) in [6, 6.07) is 4.29. The molecule has 140 valence electrons. The fourth-order valence-corrected chi connectivity index (χ4v) is 3.11. The number of fused-ring (bicyclic) bond motifs is 3. The Kier molecular flexibility index (Phi) is 4.73. The Hall–Kier alpha value is -2.44. The van der Waals surface area contributed by atoms with E-state index in [9.17, 15) is 13.2 Å². The number of hydrogen-bond donors (Lipinski definition) is 0. The number of benzene rings is 1. The van der Waals surface area contributed by atoms with Gasteiger partial charge in [-0.1, -0.05) is 6.08 Å². The van der Waals surface area contributed by atoms with E-state index >= 15 is 0 Å². The molecule has 2 aromatic rings. The molecule has 0 fully saturated rings. The van der Waals surface area contributed by atoms with E-state index < -0.39 is 11.7 Å². The van der Waals surface area contributed by atoms with Gasteiger partial charge in [0, 0.05) is 12.6 Å². The second-order valence-corrected chi connectivity index (χ2v) is 6.58. The Balaban J connectivity index is 2.27. The summed E-state index contributed by atoms with van der Waals surface area (Å²) >= 11 is 0. The Labute approximate surface area is 150 Å². The summed E-state index contributed by atoms with van der Waals surface area (Å²) in [5.74, 6) is 0.158. The maximum atomic E-state index is 13.8. The van der Waals surface area contributed by atoms with Crippen LogP contribution in [-0.4, -0.2) is 30.3 Å². The van der Waals surface area contributed by atoms with Crippen molar-refractivity contribution in [2.24, 2.45) is 0 Å². The smallest absolute Gasteiger partial charge is 0.417 e. The number of alkyl halides is 3. The molecule has 26 heavy (non-hydrogen) atoms. The van der Waals surface area contributed by atoms with Gasteiger partial charge in [0.1, 0.15) is 6.61 Å². The zero-order valence-electron chi connectivity index (χ0n) is 14.9. The summed E-state index contributed by atoms with van der Waals surface area (Å²) in [5, 5.41) is -0.0351. The van der Waals surface area contributed by atoms with Gasteiger partial charge in [0.05, 0.1) is 34.3 Å². The molecule has 1 atom stereocenters. The Bertz CT molecular complexity index is 834. The van der Waals surface area contributed by atoms with Crippen molar-refractivity contribution in [1.29, 1.82) is 0 Å². The average molecular weight is 366 g/mol. The summed E-state index contributed by atoms with van der Waals surface area (Å²) < 4.78 is 52.4. The molecule has 3 rings (SSSR count). The highest BCUT2D eigenvalue weighted by atomic mass is 19.4. The monoisotopic (exact) mass is 366 g/mol. The number of anilines is 1. The van der Waals surface area contributed by atoms with Crippen molar-refractivity contribution < 1.29 is 22.6 Å². The lowest BCUT2D eigenvalue weighted by atomic mass is 10.0. The van der Waals surface area contributed by atoms with Crippen molar-refractivity contribution in [1.82, 2.24) is 4.98 Å². The Morgan fingerprint density at radius 2 is 2.15 bits per heavy atom. The van der Waals surface area contributed by atoms with E-state index in [-0.39, 0.29) is 34.7 Å². The van der Waals surface area contributed by atoms with Crippen LogP contribution in [0.2, 0.25) is 0 Å². The lowest BCUT2D eigenvalue weighted by Gasteiger charge is -2.37. The van der Waals surface area contributed by atoms with Crippen molar-refractivity contribution in [2.75, 3.05) is 18.1 Å². The minimum Gasteiger partial charge on any atom is -0.489 e. The topological polar surface area (TPSA) is 34.6 Å². The second-order valence-electron chi connectivity index (χ2n) is 6.58. The van der Waals surface area contributed by atoms with E-state index in [4.69, 9.17) is 9.47 Å². The van der Waals surface area contributed by atoms with Crippen molar-refractivity contribution in [3.8, 4) is 11.6 Å². The van der Waals surface area contributed by atoms with Crippen LogP contribution in [0, 0.1) is 0 Å². The minimum absolute atomic E-state index is 0.0313. The highest BCUT2D eigenvalue weighted by Gasteiger charge is 2.37. The van der Waals surface area contributed by atoms with Crippen LogP contribution in [0.3, 0.4) is 0 Å². The van der Waals surface area contributed by atoms with Crippen LogP contribution in [0.15, 0.2) is 30.9 Å². The maximum absolute atomic E-state index is 13.8. The van der Waals surface area contributed by atoms with Gasteiger partial charge in [-0.2, -0.15) is 13.2 Å². The highest BCUT2D eigenvalue weighted by Crippen LogP contribution is 2.46. The molecule has 0 aliphatic carbocycles. The molecule has 2 heterocycles. The number of nitrogens with zero attached hydrogens (tertiary/aromatic N) is 2. The molecule has 0 bridgehead atoms. The van der Waals surface area contributed by atoms with E-state index in [1.165, 1.54) is 0 Å². The van der Waals surface area contributed by atoms with Crippen molar-refractivity contribution >= 4 is 16.6 Å². The van der Waals surface area contributed by atoms with Gasteiger partial charge < -0.3 is 14.4 Å². The van der Waals surface area contributed by atoms with Crippen LogP contribution in [0.1, 0.15) is 26.3 Å². The van der Waals surface area contributed by atoms with Gasteiger partial charge in [0.2, 0.25) is 5.88 Å². The normalized spacial score (nSPS) is 17.2. The molecule has 0 spiro atoms. The van der Waals surface area contributed by atoms with Crippen LogP contribution in [0.4, 0.5) is 18.9 Å². The van der Waals surface area contributed by atoms with Gasteiger partial charge in [-0.25, -0.2) is 4.98 Å². The molecule has 7 heteroatoms. The van der Waals surface area contributed by atoms with E-state index in [0.29, 0.717) is 18.8 Å². The summed E-state index contributed by atoms with van der Waals surface area (Å²) in [6.07, 6.45) is -3.11. The molecular formula is C19H21F3N2O2. The van der Waals surface area contributed by atoms with E-state index in [1.807, 2.05) is 11.8 Å². The van der Waals surface area contributed by atoms with E-state index in [2.05, 4.69) is 11.6 Å². The third kappa shape index (κ3) is 3.30. The average Bonchev–Trinajstić information content (AvgIpc) is 2.54. The first-order valence-electron chi connectivity index (χ1n) is 8.44. The number of aromatic nitrogens is 1. The molecule has 0 N–H and O–H groups in total. The van der Waals surface area contributed by atoms with Crippen LogP contribution in [0.25, 0.3) is 10.9 Å². The lowest BCUT2D eigenvalue weighted by Crippen LogP contribution is -2.41. The van der Waals surface area contributed by atoms with Crippen molar-refractivity contribution in [2.45, 2.75) is 39.1 Å². The van der Waals surface area contributed by atoms with Crippen LogP contribution in [-0.2, 0) is 6.18 Å². The second kappa shape index (κ2) is 6.70.